The number of rotatable bonds is 12. The molecule has 0 aromatic rings. The standard InChI is InChI=1S/C14H28O3/c1-2-3-4-10-13-17-14(16)11-8-6-5-7-9-12-15/h15H,2-13H2,1H3. The zero-order chi connectivity index (χ0) is 12.8. The Balaban J connectivity index is 3.12. The number of hydrogen-bond donors (Lipinski definition) is 1. The molecule has 0 spiro atoms. The number of esters is 1. The van der Waals surface area contributed by atoms with Gasteiger partial charge in [0.15, 0.2) is 0 Å². The number of carbonyl (C=O) groups excluding carboxylic acids is 1. The molecule has 0 saturated heterocycles. The van der Waals surface area contributed by atoms with Crippen LogP contribution in [-0.2, 0) is 9.53 Å². The first-order chi connectivity index (χ1) is 8.31. The van der Waals surface area contributed by atoms with Gasteiger partial charge in [-0.05, 0) is 19.3 Å². The number of unbranched alkanes of at least 4 members (excludes halogenated alkanes) is 7. The smallest absolute Gasteiger partial charge is 0.305 e. The molecular formula is C14H28O3. The average Bonchev–Trinajstić information content (AvgIpc) is 2.33. The van der Waals surface area contributed by atoms with Crippen molar-refractivity contribution < 1.29 is 14.6 Å². The molecule has 0 aliphatic carbocycles. The van der Waals surface area contributed by atoms with E-state index in [-0.39, 0.29) is 12.6 Å². The second-order valence-corrected chi connectivity index (χ2v) is 4.52. The summed E-state index contributed by atoms with van der Waals surface area (Å²) in [5.74, 6) is -0.0522. The molecular weight excluding hydrogens is 216 g/mol. The molecule has 0 aromatic heterocycles. The van der Waals surface area contributed by atoms with Gasteiger partial charge in [0, 0.05) is 13.0 Å². The second-order valence-electron chi connectivity index (χ2n) is 4.52. The Kier molecular flexibility index (Phi) is 13.0. The molecule has 0 radical (unpaired) electrons. The fourth-order valence-electron chi connectivity index (χ4n) is 1.70. The summed E-state index contributed by atoms with van der Waals surface area (Å²) in [6.45, 7) is 3.03. The third-order valence-electron chi connectivity index (χ3n) is 2.80. The van der Waals surface area contributed by atoms with Crippen molar-refractivity contribution in [3.63, 3.8) is 0 Å². The molecule has 1 N–H and O–H groups in total. The van der Waals surface area contributed by atoms with E-state index in [0.717, 1.165) is 44.9 Å². The van der Waals surface area contributed by atoms with Gasteiger partial charge in [0.05, 0.1) is 6.61 Å². The predicted molar refractivity (Wildman–Crippen MR) is 69.9 cm³/mol. The van der Waals surface area contributed by atoms with Crippen molar-refractivity contribution in [3.8, 4) is 0 Å². The van der Waals surface area contributed by atoms with Gasteiger partial charge in [0.2, 0.25) is 0 Å². The van der Waals surface area contributed by atoms with Gasteiger partial charge in [0.1, 0.15) is 0 Å². The van der Waals surface area contributed by atoms with E-state index >= 15 is 0 Å². The molecule has 0 saturated carbocycles. The van der Waals surface area contributed by atoms with E-state index in [2.05, 4.69) is 6.92 Å². The monoisotopic (exact) mass is 244 g/mol. The first kappa shape index (κ1) is 16.4. The van der Waals surface area contributed by atoms with Crippen molar-refractivity contribution in [3.05, 3.63) is 0 Å². The van der Waals surface area contributed by atoms with Crippen LogP contribution < -0.4 is 0 Å². The van der Waals surface area contributed by atoms with Crippen molar-refractivity contribution >= 4 is 5.97 Å². The van der Waals surface area contributed by atoms with Crippen molar-refractivity contribution in [1.82, 2.24) is 0 Å². The third-order valence-corrected chi connectivity index (χ3v) is 2.80. The Hall–Kier alpha value is -0.570. The lowest BCUT2D eigenvalue weighted by Crippen LogP contribution is -2.05. The van der Waals surface area contributed by atoms with Crippen LogP contribution in [0.25, 0.3) is 0 Å². The molecule has 0 fully saturated rings. The van der Waals surface area contributed by atoms with Crippen LogP contribution in [0.15, 0.2) is 0 Å². The summed E-state index contributed by atoms with van der Waals surface area (Å²) in [5, 5.41) is 8.60. The maximum absolute atomic E-state index is 11.3. The zero-order valence-corrected chi connectivity index (χ0v) is 11.2. The van der Waals surface area contributed by atoms with Crippen LogP contribution in [0.3, 0.4) is 0 Å². The molecule has 0 heterocycles. The van der Waals surface area contributed by atoms with Gasteiger partial charge in [-0.15, -0.1) is 0 Å². The number of carbonyl (C=O) groups is 1. The average molecular weight is 244 g/mol. The molecule has 0 aromatic carbocycles. The van der Waals surface area contributed by atoms with Gasteiger partial charge >= 0.3 is 5.97 Å². The van der Waals surface area contributed by atoms with E-state index in [9.17, 15) is 4.79 Å². The van der Waals surface area contributed by atoms with Crippen molar-refractivity contribution in [2.45, 2.75) is 71.1 Å². The lowest BCUT2D eigenvalue weighted by atomic mass is 10.1. The Morgan fingerprint density at radius 2 is 1.59 bits per heavy atom. The Bertz CT molecular complexity index is 169. The normalized spacial score (nSPS) is 10.5. The molecule has 3 nitrogen and oxygen atoms in total. The fraction of sp³-hybridized carbons (Fsp3) is 0.929. The SMILES string of the molecule is CCCCCCOC(=O)CCCCCCCO. The maximum atomic E-state index is 11.3. The van der Waals surface area contributed by atoms with Gasteiger partial charge < -0.3 is 9.84 Å². The minimum Gasteiger partial charge on any atom is -0.466 e. The molecule has 3 heteroatoms. The molecule has 102 valence electrons. The predicted octanol–water partition coefficient (Wildman–Crippen LogP) is 3.44. The zero-order valence-electron chi connectivity index (χ0n) is 11.2. The van der Waals surface area contributed by atoms with Crippen LogP contribution in [0.2, 0.25) is 0 Å². The third kappa shape index (κ3) is 13.4. The first-order valence-corrected chi connectivity index (χ1v) is 7.07. The van der Waals surface area contributed by atoms with Crippen molar-refractivity contribution in [2.24, 2.45) is 0 Å². The van der Waals surface area contributed by atoms with Crippen LogP contribution in [0.1, 0.15) is 71.1 Å². The fourth-order valence-corrected chi connectivity index (χ4v) is 1.70. The largest absolute Gasteiger partial charge is 0.466 e. The van der Waals surface area contributed by atoms with Crippen LogP contribution in [0.5, 0.6) is 0 Å². The molecule has 0 unspecified atom stereocenters. The second kappa shape index (κ2) is 13.5. The van der Waals surface area contributed by atoms with Gasteiger partial charge in [-0.1, -0.05) is 45.4 Å². The van der Waals surface area contributed by atoms with Gasteiger partial charge in [-0.3, -0.25) is 4.79 Å². The minimum atomic E-state index is -0.0522. The number of ether oxygens (including phenoxy) is 1. The Labute approximate surface area is 106 Å². The van der Waals surface area contributed by atoms with Crippen LogP contribution in [0, 0.1) is 0 Å². The quantitative estimate of drug-likeness (QED) is 0.422. The van der Waals surface area contributed by atoms with Crippen molar-refractivity contribution in [2.75, 3.05) is 13.2 Å². The molecule has 0 aliphatic rings. The van der Waals surface area contributed by atoms with Gasteiger partial charge in [-0.2, -0.15) is 0 Å². The lowest BCUT2D eigenvalue weighted by Gasteiger charge is -2.04. The molecule has 0 aliphatic heterocycles. The van der Waals surface area contributed by atoms with Crippen LogP contribution in [-0.4, -0.2) is 24.3 Å². The lowest BCUT2D eigenvalue weighted by molar-refractivity contribution is -0.143. The minimum absolute atomic E-state index is 0.0522. The number of aliphatic hydroxyl groups is 1. The Morgan fingerprint density at radius 1 is 0.941 bits per heavy atom. The van der Waals surface area contributed by atoms with E-state index in [1.54, 1.807) is 0 Å². The summed E-state index contributed by atoms with van der Waals surface area (Å²) < 4.78 is 5.14. The number of aliphatic hydroxyl groups excluding tert-OH is 1. The summed E-state index contributed by atoms with van der Waals surface area (Å²) in [7, 11) is 0. The van der Waals surface area contributed by atoms with Gasteiger partial charge in [0.25, 0.3) is 0 Å². The summed E-state index contributed by atoms with van der Waals surface area (Å²) in [5.41, 5.74) is 0. The van der Waals surface area contributed by atoms with E-state index in [4.69, 9.17) is 9.84 Å². The summed E-state index contributed by atoms with van der Waals surface area (Å²) >= 11 is 0. The van der Waals surface area contributed by atoms with Crippen molar-refractivity contribution in [1.29, 1.82) is 0 Å². The summed E-state index contributed by atoms with van der Waals surface area (Å²) in [6.07, 6.45) is 10.1. The topological polar surface area (TPSA) is 46.5 Å². The number of hydrogen-bond acceptors (Lipinski definition) is 3. The van der Waals surface area contributed by atoms with E-state index in [1.807, 2.05) is 0 Å². The highest BCUT2D eigenvalue weighted by molar-refractivity contribution is 5.69. The first-order valence-electron chi connectivity index (χ1n) is 7.07. The maximum Gasteiger partial charge on any atom is 0.305 e. The molecule has 0 bridgehead atoms. The van der Waals surface area contributed by atoms with E-state index in [1.165, 1.54) is 12.8 Å². The van der Waals surface area contributed by atoms with Crippen LogP contribution >= 0.6 is 0 Å². The molecule has 17 heavy (non-hydrogen) atoms. The van der Waals surface area contributed by atoms with Crippen LogP contribution in [0.4, 0.5) is 0 Å². The van der Waals surface area contributed by atoms with Gasteiger partial charge in [-0.25, -0.2) is 0 Å². The highest BCUT2D eigenvalue weighted by atomic mass is 16.5. The molecule has 0 atom stereocenters. The highest BCUT2D eigenvalue weighted by Crippen LogP contribution is 2.06. The Morgan fingerprint density at radius 3 is 2.29 bits per heavy atom. The highest BCUT2D eigenvalue weighted by Gasteiger charge is 2.01. The summed E-state index contributed by atoms with van der Waals surface area (Å²) in [6, 6.07) is 0. The molecule has 0 rings (SSSR count). The summed E-state index contributed by atoms with van der Waals surface area (Å²) in [4.78, 5) is 11.3. The van der Waals surface area contributed by atoms with E-state index < -0.39 is 0 Å². The van der Waals surface area contributed by atoms with E-state index in [0.29, 0.717) is 13.0 Å². The molecule has 0 amide bonds.